The molecule has 0 bridgehead atoms. The van der Waals surface area contributed by atoms with E-state index < -0.39 is 0 Å². The molecule has 2 aromatic rings. The summed E-state index contributed by atoms with van der Waals surface area (Å²) in [5.41, 5.74) is 1.88. The van der Waals surface area contributed by atoms with Crippen LogP contribution in [0.5, 0.6) is 0 Å². The molecule has 9 heteroatoms. The molecular weight excluding hydrogens is 356 g/mol. The lowest BCUT2D eigenvalue weighted by Crippen LogP contribution is -2.30. The zero-order chi connectivity index (χ0) is 18.7. The van der Waals surface area contributed by atoms with Crippen molar-refractivity contribution in [2.24, 2.45) is 0 Å². The molecule has 1 aromatic heterocycles. The van der Waals surface area contributed by atoms with E-state index in [1.165, 1.54) is 6.92 Å². The van der Waals surface area contributed by atoms with Crippen molar-refractivity contribution in [1.82, 2.24) is 20.3 Å². The Kier molecular flexibility index (Phi) is 5.53. The van der Waals surface area contributed by atoms with Gasteiger partial charge in [-0.3, -0.25) is 9.59 Å². The van der Waals surface area contributed by atoms with Crippen LogP contribution in [0.3, 0.4) is 0 Å². The largest absolute Gasteiger partial charge is 0.324 e. The third-order valence-corrected chi connectivity index (χ3v) is 4.57. The number of piperidine rings is 1. The summed E-state index contributed by atoms with van der Waals surface area (Å²) >= 11 is 5.97. The van der Waals surface area contributed by atoms with E-state index in [-0.39, 0.29) is 23.6 Å². The van der Waals surface area contributed by atoms with Gasteiger partial charge in [0.15, 0.2) is 5.69 Å². The van der Waals surface area contributed by atoms with Gasteiger partial charge in [0.05, 0.1) is 23.1 Å². The van der Waals surface area contributed by atoms with Crippen molar-refractivity contribution in [3.8, 4) is 0 Å². The molecule has 1 saturated heterocycles. The Morgan fingerprint density at radius 2 is 1.96 bits per heavy atom. The minimum absolute atomic E-state index is 0.246. The Hall–Kier alpha value is -2.45. The Labute approximate surface area is 156 Å². The molecule has 0 saturated carbocycles. The van der Waals surface area contributed by atoms with E-state index in [4.69, 9.17) is 11.6 Å². The van der Waals surface area contributed by atoms with E-state index in [1.54, 1.807) is 18.2 Å². The maximum absolute atomic E-state index is 12.7. The molecule has 2 amide bonds. The highest BCUT2D eigenvalue weighted by atomic mass is 35.5. The van der Waals surface area contributed by atoms with Crippen LogP contribution in [0.4, 0.5) is 11.4 Å². The van der Waals surface area contributed by atoms with Gasteiger partial charge < -0.3 is 16.0 Å². The number of benzene rings is 1. The fourth-order valence-corrected chi connectivity index (χ4v) is 3.22. The van der Waals surface area contributed by atoms with Crippen LogP contribution in [0.1, 0.15) is 42.0 Å². The first-order valence-corrected chi connectivity index (χ1v) is 8.84. The van der Waals surface area contributed by atoms with Crippen LogP contribution in [0.25, 0.3) is 0 Å². The first-order chi connectivity index (χ1) is 12.5. The van der Waals surface area contributed by atoms with Gasteiger partial charge >= 0.3 is 0 Å². The number of rotatable bonds is 4. The Morgan fingerprint density at radius 3 is 2.65 bits per heavy atom. The summed E-state index contributed by atoms with van der Waals surface area (Å²) in [7, 11) is 0. The van der Waals surface area contributed by atoms with Gasteiger partial charge in [-0.05, 0) is 51.1 Å². The van der Waals surface area contributed by atoms with Gasteiger partial charge in [-0.25, -0.2) is 4.68 Å². The smallest absolute Gasteiger partial charge is 0.278 e. The third-order valence-electron chi connectivity index (χ3n) is 4.34. The average molecular weight is 377 g/mol. The molecule has 1 fully saturated rings. The number of nitrogens with zero attached hydrogens (tertiary/aromatic N) is 3. The summed E-state index contributed by atoms with van der Waals surface area (Å²) in [5.74, 6) is -0.632. The van der Waals surface area contributed by atoms with Crippen LogP contribution in [0.15, 0.2) is 18.2 Å². The predicted molar refractivity (Wildman–Crippen MR) is 99.6 cm³/mol. The van der Waals surface area contributed by atoms with Crippen LogP contribution >= 0.6 is 11.6 Å². The van der Waals surface area contributed by atoms with Gasteiger partial charge in [0.2, 0.25) is 5.91 Å². The fourth-order valence-electron chi connectivity index (χ4n) is 3.05. The fraction of sp³-hybridized carbons (Fsp3) is 0.412. The second-order valence-electron chi connectivity index (χ2n) is 6.27. The van der Waals surface area contributed by atoms with E-state index in [2.05, 4.69) is 26.3 Å². The second kappa shape index (κ2) is 7.84. The van der Waals surface area contributed by atoms with E-state index in [0.717, 1.165) is 31.6 Å². The van der Waals surface area contributed by atoms with Gasteiger partial charge in [-0.15, -0.1) is 5.10 Å². The molecule has 0 atom stereocenters. The monoisotopic (exact) mass is 376 g/mol. The molecular formula is C17H21ClN6O2. The summed E-state index contributed by atoms with van der Waals surface area (Å²) < 4.78 is 1.83. The number of carbonyl (C=O) groups excluding carboxylic acids is 2. The number of nitrogens with one attached hydrogen (secondary N) is 3. The minimum Gasteiger partial charge on any atom is -0.324 e. The number of amides is 2. The molecule has 8 nitrogen and oxygen atoms in total. The highest BCUT2D eigenvalue weighted by molar-refractivity contribution is 6.31. The molecule has 3 N–H and O–H groups in total. The number of carbonyl (C=O) groups is 2. The lowest BCUT2D eigenvalue weighted by atomic mass is 10.1. The second-order valence-corrected chi connectivity index (χ2v) is 6.71. The normalized spacial score (nSPS) is 14.9. The van der Waals surface area contributed by atoms with Crippen LogP contribution < -0.4 is 16.0 Å². The Balaban J connectivity index is 1.80. The molecule has 3 rings (SSSR count). The van der Waals surface area contributed by atoms with Crippen molar-refractivity contribution in [2.75, 3.05) is 23.7 Å². The SMILES string of the molecule is CC(=O)Nc1cc(Cl)ccc1NC(=O)c1nnn(C2CCNCC2)c1C. The Morgan fingerprint density at radius 1 is 1.23 bits per heavy atom. The summed E-state index contributed by atoms with van der Waals surface area (Å²) in [5, 5.41) is 17.4. The third kappa shape index (κ3) is 4.03. The predicted octanol–water partition coefficient (Wildman–Crippen LogP) is 2.38. The quantitative estimate of drug-likeness (QED) is 0.760. The lowest BCUT2D eigenvalue weighted by Gasteiger charge is -2.23. The van der Waals surface area contributed by atoms with Crippen molar-refractivity contribution >= 4 is 34.8 Å². The van der Waals surface area contributed by atoms with Crippen LogP contribution in [-0.4, -0.2) is 39.9 Å². The molecule has 138 valence electrons. The van der Waals surface area contributed by atoms with Crippen molar-refractivity contribution in [2.45, 2.75) is 32.7 Å². The molecule has 1 aliphatic rings. The summed E-state index contributed by atoms with van der Waals surface area (Å²) in [4.78, 5) is 24.0. The van der Waals surface area contributed by atoms with E-state index in [9.17, 15) is 9.59 Å². The first kappa shape index (κ1) is 18.3. The molecule has 2 heterocycles. The van der Waals surface area contributed by atoms with Crippen LogP contribution in [0, 0.1) is 6.92 Å². The molecule has 0 unspecified atom stereocenters. The van der Waals surface area contributed by atoms with Gasteiger partial charge in [0.25, 0.3) is 5.91 Å². The highest BCUT2D eigenvalue weighted by Crippen LogP contribution is 2.27. The Bertz CT molecular complexity index is 829. The number of hydrogen-bond donors (Lipinski definition) is 3. The first-order valence-electron chi connectivity index (χ1n) is 8.46. The maximum atomic E-state index is 12.7. The van der Waals surface area contributed by atoms with Crippen molar-refractivity contribution in [3.05, 3.63) is 34.6 Å². The maximum Gasteiger partial charge on any atom is 0.278 e. The summed E-state index contributed by atoms with van der Waals surface area (Å²) in [6, 6.07) is 5.10. The number of aromatic nitrogens is 3. The van der Waals surface area contributed by atoms with Crippen molar-refractivity contribution < 1.29 is 9.59 Å². The summed E-state index contributed by atoms with van der Waals surface area (Å²) in [6.07, 6.45) is 1.91. The molecule has 1 aromatic carbocycles. The van der Waals surface area contributed by atoms with Gasteiger partial charge in [0.1, 0.15) is 0 Å². The number of anilines is 2. The van der Waals surface area contributed by atoms with Crippen molar-refractivity contribution in [3.63, 3.8) is 0 Å². The summed E-state index contributed by atoms with van der Waals surface area (Å²) in [6.45, 7) is 5.08. The van der Waals surface area contributed by atoms with Gasteiger partial charge in [-0.1, -0.05) is 16.8 Å². The molecule has 1 aliphatic heterocycles. The average Bonchev–Trinajstić information content (AvgIpc) is 2.99. The zero-order valence-electron chi connectivity index (χ0n) is 14.7. The van der Waals surface area contributed by atoms with E-state index in [0.29, 0.717) is 16.4 Å². The van der Waals surface area contributed by atoms with Crippen LogP contribution in [-0.2, 0) is 4.79 Å². The van der Waals surface area contributed by atoms with Gasteiger partial charge in [0, 0.05) is 11.9 Å². The van der Waals surface area contributed by atoms with Crippen LogP contribution in [0.2, 0.25) is 5.02 Å². The molecule has 0 aliphatic carbocycles. The molecule has 0 radical (unpaired) electrons. The minimum atomic E-state index is -0.378. The lowest BCUT2D eigenvalue weighted by molar-refractivity contribution is -0.114. The highest BCUT2D eigenvalue weighted by Gasteiger charge is 2.23. The molecule has 0 spiro atoms. The molecule has 26 heavy (non-hydrogen) atoms. The zero-order valence-corrected chi connectivity index (χ0v) is 15.4. The topological polar surface area (TPSA) is 101 Å². The standard InChI is InChI=1S/C17H21ClN6O2/c1-10-16(22-23-24(10)13-5-7-19-8-6-13)17(26)21-14-4-3-12(18)9-15(14)20-11(2)25/h3-4,9,13,19H,5-8H2,1-2H3,(H,20,25)(H,21,26). The number of hydrogen-bond acceptors (Lipinski definition) is 5. The van der Waals surface area contributed by atoms with Crippen molar-refractivity contribution in [1.29, 1.82) is 0 Å². The van der Waals surface area contributed by atoms with Gasteiger partial charge in [-0.2, -0.15) is 0 Å². The number of halogens is 1. The van der Waals surface area contributed by atoms with E-state index in [1.807, 2.05) is 11.6 Å². The van der Waals surface area contributed by atoms with E-state index >= 15 is 0 Å².